The van der Waals surface area contributed by atoms with E-state index in [1.54, 1.807) is 6.20 Å². The number of nitrogens with zero attached hydrogens (tertiary/aromatic N) is 2. The van der Waals surface area contributed by atoms with Crippen LogP contribution in [0, 0.1) is 5.92 Å². The van der Waals surface area contributed by atoms with Crippen molar-refractivity contribution in [2.24, 2.45) is 5.92 Å². The molecule has 1 N–H and O–H groups in total. The van der Waals surface area contributed by atoms with Crippen LogP contribution in [0.15, 0.2) is 78.5 Å². The minimum absolute atomic E-state index is 0.0247. The molecule has 2 atom stereocenters. The van der Waals surface area contributed by atoms with E-state index in [1.807, 2.05) is 90.4 Å². The molecule has 2 aromatic rings. The lowest BCUT2D eigenvalue weighted by Crippen LogP contribution is -2.49. The van der Waals surface area contributed by atoms with E-state index in [0.717, 1.165) is 23.5 Å². The van der Waals surface area contributed by atoms with Crippen molar-refractivity contribution in [1.29, 1.82) is 0 Å². The zero-order valence-electron chi connectivity index (χ0n) is 18.3. The topological polar surface area (TPSA) is 52.7 Å². The van der Waals surface area contributed by atoms with Crippen molar-refractivity contribution in [3.63, 3.8) is 0 Å². The molecule has 2 heterocycles. The zero-order chi connectivity index (χ0) is 22.0. The summed E-state index contributed by atoms with van der Waals surface area (Å²) >= 11 is 0. The van der Waals surface area contributed by atoms with Crippen molar-refractivity contribution in [3.8, 4) is 0 Å². The van der Waals surface area contributed by atoms with Gasteiger partial charge < -0.3 is 15.1 Å². The minimum Gasteiger partial charge on any atom is -0.387 e. The van der Waals surface area contributed by atoms with Crippen molar-refractivity contribution >= 4 is 23.2 Å². The Balaban J connectivity index is 1.79. The Bertz CT molecular complexity index is 1030. The first-order valence-electron chi connectivity index (χ1n) is 10.9. The number of anilines is 2. The fraction of sp³-hybridized carbons (Fsp3) is 0.308. The highest BCUT2D eigenvalue weighted by molar-refractivity contribution is 6.09. The van der Waals surface area contributed by atoms with E-state index < -0.39 is 0 Å². The van der Waals surface area contributed by atoms with Crippen LogP contribution in [-0.2, 0) is 9.59 Å². The van der Waals surface area contributed by atoms with Crippen LogP contribution in [0.25, 0.3) is 0 Å². The first-order valence-corrected chi connectivity index (χ1v) is 10.9. The normalized spacial score (nSPS) is 20.0. The third kappa shape index (κ3) is 4.00. The van der Waals surface area contributed by atoms with Gasteiger partial charge in [-0.25, -0.2) is 0 Å². The number of fused-ring (bicyclic) bond motifs is 1. The predicted octanol–water partition coefficient (Wildman–Crippen LogP) is 4.59. The molecule has 5 nitrogen and oxygen atoms in total. The summed E-state index contributed by atoms with van der Waals surface area (Å²) in [7, 11) is 0. The van der Waals surface area contributed by atoms with Gasteiger partial charge in [0.25, 0.3) is 5.91 Å². The van der Waals surface area contributed by atoms with Gasteiger partial charge in [0.15, 0.2) is 0 Å². The molecule has 0 aliphatic carbocycles. The second-order valence-corrected chi connectivity index (χ2v) is 8.44. The Hall–Kier alpha value is -3.34. The van der Waals surface area contributed by atoms with Gasteiger partial charge in [-0.15, -0.1) is 0 Å². The lowest BCUT2D eigenvalue weighted by molar-refractivity contribution is -0.122. The molecular weight excluding hydrogens is 386 g/mol. The standard InChI is InChI=1S/C26H29N3O2/c1-18(2)25(30)29(21-11-5-4-6-12-21)24-16-19(3)28(23-14-8-7-13-22(23)24)26(31)20-10-9-15-27-17-20/h4-14,17-19,24,27H,15-16H2,1-3H3/t19-,24+/m1/s1. The number of hydrogen-bond donors (Lipinski definition) is 1. The highest BCUT2D eigenvalue weighted by Gasteiger charge is 2.39. The van der Waals surface area contributed by atoms with Gasteiger partial charge in [0.1, 0.15) is 0 Å². The van der Waals surface area contributed by atoms with E-state index in [0.29, 0.717) is 12.0 Å². The molecule has 0 radical (unpaired) electrons. The molecule has 0 aromatic heterocycles. The lowest BCUT2D eigenvalue weighted by Gasteiger charge is -2.44. The highest BCUT2D eigenvalue weighted by atomic mass is 16.2. The number of nitrogens with one attached hydrogen (secondary N) is 1. The number of amides is 2. The van der Waals surface area contributed by atoms with E-state index in [9.17, 15) is 9.59 Å². The predicted molar refractivity (Wildman–Crippen MR) is 125 cm³/mol. The molecule has 0 saturated heterocycles. The number of para-hydroxylation sites is 2. The summed E-state index contributed by atoms with van der Waals surface area (Å²) in [4.78, 5) is 30.5. The average molecular weight is 416 g/mol. The molecule has 160 valence electrons. The number of hydrogen-bond acceptors (Lipinski definition) is 3. The summed E-state index contributed by atoms with van der Waals surface area (Å²) in [5.74, 6) is -0.0747. The van der Waals surface area contributed by atoms with Gasteiger partial charge in [0, 0.05) is 36.1 Å². The number of benzene rings is 2. The molecule has 2 amide bonds. The summed E-state index contributed by atoms with van der Waals surface area (Å²) in [6, 6.07) is 17.6. The largest absolute Gasteiger partial charge is 0.387 e. The van der Waals surface area contributed by atoms with Crippen LogP contribution >= 0.6 is 0 Å². The molecule has 2 aliphatic rings. The fourth-order valence-corrected chi connectivity index (χ4v) is 4.41. The maximum Gasteiger partial charge on any atom is 0.259 e. The van der Waals surface area contributed by atoms with Crippen LogP contribution in [0.3, 0.4) is 0 Å². The first kappa shape index (κ1) is 20.9. The maximum absolute atomic E-state index is 13.4. The Morgan fingerprint density at radius 1 is 1.06 bits per heavy atom. The average Bonchev–Trinajstić information content (AvgIpc) is 2.80. The number of carbonyl (C=O) groups is 2. The van der Waals surface area contributed by atoms with Crippen molar-refractivity contribution in [3.05, 3.63) is 84.1 Å². The van der Waals surface area contributed by atoms with Gasteiger partial charge in [0.2, 0.25) is 5.91 Å². The van der Waals surface area contributed by atoms with Gasteiger partial charge in [-0.2, -0.15) is 0 Å². The molecule has 0 fully saturated rings. The molecule has 4 rings (SSSR count). The van der Waals surface area contributed by atoms with Gasteiger partial charge >= 0.3 is 0 Å². The molecule has 0 spiro atoms. The van der Waals surface area contributed by atoms with E-state index in [4.69, 9.17) is 0 Å². The van der Waals surface area contributed by atoms with Crippen LogP contribution in [0.5, 0.6) is 0 Å². The summed E-state index contributed by atoms with van der Waals surface area (Å²) in [6.07, 6.45) is 6.27. The number of rotatable bonds is 4. The molecule has 0 saturated carbocycles. The summed E-state index contributed by atoms with van der Waals surface area (Å²) in [5.41, 5.74) is 3.40. The minimum atomic E-state index is -0.137. The third-order valence-corrected chi connectivity index (χ3v) is 5.89. The van der Waals surface area contributed by atoms with Crippen LogP contribution in [0.2, 0.25) is 0 Å². The molecule has 0 unspecified atom stereocenters. The van der Waals surface area contributed by atoms with Gasteiger partial charge in [-0.05, 0) is 37.1 Å². The van der Waals surface area contributed by atoms with E-state index in [1.165, 1.54) is 0 Å². The summed E-state index contributed by atoms with van der Waals surface area (Å²) in [5, 5.41) is 3.12. The van der Waals surface area contributed by atoms with E-state index >= 15 is 0 Å². The molecule has 5 heteroatoms. The maximum atomic E-state index is 13.4. The van der Waals surface area contributed by atoms with Crippen LogP contribution in [0.1, 0.15) is 38.8 Å². The summed E-state index contributed by atoms with van der Waals surface area (Å²) in [6.45, 7) is 6.65. The second kappa shape index (κ2) is 8.80. The van der Waals surface area contributed by atoms with Crippen molar-refractivity contribution in [2.45, 2.75) is 39.3 Å². The van der Waals surface area contributed by atoms with Crippen LogP contribution in [0.4, 0.5) is 11.4 Å². The van der Waals surface area contributed by atoms with Crippen molar-refractivity contribution in [2.75, 3.05) is 16.3 Å². The fourth-order valence-electron chi connectivity index (χ4n) is 4.41. The Morgan fingerprint density at radius 2 is 1.77 bits per heavy atom. The van der Waals surface area contributed by atoms with E-state index in [-0.39, 0.29) is 29.8 Å². The molecule has 0 bridgehead atoms. The second-order valence-electron chi connectivity index (χ2n) is 8.44. The van der Waals surface area contributed by atoms with Gasteiger partial charge in [-0.3, -0.25) is 9.59 Å². The molecule has 2 aromatic carbocycles. The SMILES string of the molecule is CC(C)C(=O)N(c1ccccc1)[C@H]1C[C@@H](C)N(C(=O)C2=CNCC=C2)c2ccccc21. The number of carbonyl (C=O) groups excluding carboxylic acids is 2. The van der Waals surface area contributed by atoms with Gasteiger partial charge in [0.05, 0.1) is 11.6 Å². The first-order chi connectivity index (χ1) is 15.0. The lowest BCUT2D eigenvalue weighted by atomic mass is 9.88. The summed E-state index contributed by atoms with van der Waals surface area (Å²) < 4.78 is 0. The Labute approximate surface area is 184 Å². The number of dihydropyridines is 1. The Kier molecular flexibility index (Phi) is 5.94. The smallest absolute Gasteiger partial charge is 0.259 e. The van der Waals surface area contributed by atoms with Gasteiger partial charge in [-0.1, -0.05) is 62.4 Å². The quantitative estimate of drug-likeness (QED) is 0.795. The molecular formula is C26H29N3O2. The Morgan fingerprint density at radius 3 is 2.45 bits per heavy atom. The third-order valence-electron chi connectivity index (χ3n) is 5.89. The monoisotopic (exact) mass is 415 g/mol. The zero-order valence-corrected chi connectivity index (χ0v) is 18.3. The van der Waals surface area contributed by atoms with Crippen molar-refractivity contribution < 1.29 is 9.59 Å². The highest BCUT2D eigenvalue weighted by Crippen LogP contribution is 2.43. The molecule has 2 aliphatic heterocycles. The van der Waals surface area contributed by atoms with Crippen LogP contribution < -0.4 is 15.1 Å². The van der Waals surface area contributed by atoms with Crippen LogP contribution in [-0.4, -0.2) is 24.4 Å². The van der Waals surface area contributed by atoms with E-state index in [2.05, 4.69) is 12.2 Å². The van der Waals surface area contributed by atoms with Crippen molar-refractivity contribution in [1.82, 2.24) is 5.32 Å². The molecule has 31 heavy (non-hydrogen) atoms.